The molecule has 4 rings (SSSR count). The number of likely N-dealkylation sites (tertiary alicyclic amines) is 1. The lowest BCUT2D eigenvalue weighted by Crippen LogP contribution is -2.54. The van der Waals surface area contributed by atoms with Gasteiger partial charge in [-0.2, -0.15) is 4.98 Å². The molecular weight excluding hydrogens is 308 g/mol. The van der Waals surface area contributed by atoms with Crippen LogP contribution in [0.15, 0.2) is 28.9 Å². The first-order valence-electron chi connectivity index (χ1n) is 8.44. The highest BCUT2D eigenvalue weighted by Gasteiger charge is 2.40. The molecule has 0 spiro atoms. The van der Waals surface area contributed by atoms with Crippen LogP contribution in [-0.2, 0) is 4.74 Å². The van der Waals surface area contributed by atoms with Crippen molar-refractivity contribution in [3.63, 3.8) is 0 Å². The molecule has 0 radical (unpaired) electrons. The zero-order valence-corrected chi connectivity index (χ0v) is 13.6. The van der Waals surface area contributed by atoms with Gasteiger partial charge in [-0.05, 0) is 38.1 Å². The van der Waals surface area contributed by atoms with Gasteiger partial charge in [0.1, 0.15) is 5.69 Å². The summed E-state index contributed by atoms with van der Waals surface area (Å²) in [5.41, 5.74) is 0.684. The third-order valence-corrected chi connectivity index (χ3v) is 4.98. The number of rotatable bonds is 5. The predicted octanol–water partition coefficient (Wildman–Crippen LogP) is 1.32. The van der Waals surface area contributed by atoms with Crippen LogP contribution >= 0.6 is 0 Å². The number of hydrogen-bond donors (Lipinski definition) is 1. The Balaban J connectivity index is 1.35. The van der Waals surface area contributed by atoms with Crippen molar-refractivity contribution in [3.05, 3.63) is 30.3 Å². The van der Waals surface area contributed by atoms with E-state index >= 15 is 0 Å². The fraction of sp³-hybridized carbons (Fsp3) is 0.588. The number of pyridine rings is 1. The molecule has 0 aliphatic carbocycles. The Kier molecular flexibility index (Phi) is 4.30. The van der Waals surface area contributed by atoms with Gasteiger partial charge in [-0.25, -0.2) is 0 Å². The standard InChI is InChI=1S/C17H22N4O3/c22-10-17(11-23-12-17)9-21-7-4-13(5-8-21)16-19-15(20-24-16)14-3-1-2-6-18-14/h1-3,6,13,22H,4-5,7-12H2. The Labute approximate surface area is 140 Å². The number of hydrogen-bond acceptors (Lipinski definition) is 7. The third kappa shape index (κ3) is 3.07. The maximum Gasteiger partial charge on any atom is 0.230 e. The maximum absolute atomic E-state index is 9.56. The van der Waals surface area contributed by atoms with E-state index in [1.165, 1.54) is 0 Å². The fourth-order valence-corrected chi connectivity index (χ4v) is 3.44. The Morgan fingerprint density at radius 2 is 2.08 bits per heavy atom. The van der Waals surface area contributed by atoms with Crippen molar-refractivity contribution in [2.45, 2.75) is 18.8 Å². The summed E-state index contributed by atoms with van der Waals surface area (Å²) < 4.78 is 10.7. The molecule has 2 saturated heterocycles. The Hall–Kier alpha value is -1.83. The Morgan fingerprint density at radius 3 is 2.71 bits per heavy atom. The van der Waals surface area contributed by atoms with E-state index in [0.717, 1.165) is 38.2 Å². The third-order valence-electron chi connectivity index (χ3n) is 4.98. The lowest BCUT2D eigenvalue weighted by molar-refractivity contribution is -0.149. The van der Waals surface area contributed by atoms with Crippen molar-refractivity contribution < 1.29 is 14.4 Å². The second kappa shape index (κ2) is 6.58. The number of ether oxygens (including phenoxy) is 1. The number of aliphatic hydroxyl groups is 1. The van der Waals surface area contributed by atoms with Gasteiger partial charge < -0.3 is 19.3 Å². The van der Waals surface area contributed by atoms with E-state index in [0.29, 0.717) is 30.8 Å². The highest BCUT2D eigenvalue weighted by atomic mass is 16.5. The quantitative estimate of drug-likeness (QED) is 0.885. The lowest BCUT2D eigenvalue weighted by Gasteiger charge is -2.44. The maximum atomic E-state index is 9.56. The van der Waals surface area contributed by atoms with Crippen molar-refractivity contribution in [1.82, 2.24) is 20.0 Å². The van der Waals surface area contributed by atoms with E-state index in [2.05, 4.69) is 20.0 Å². The molecule has 2 aliphatic heterocycles. The molecule has 2 aromatic heterocycles. The summed E-state index contributed by atoms with van der Waals surface area (Å²) in [5, 5.41) is 13.6. The zero-order valence-electron chi connectivity index (χ0n) is 13.6. The first-order chi connectivity index (χ1) is 11.8. The first-order valence-corrected chi connectivity index (χ1v) is 8.44. The normalized spacial score (nSPS) is 21.5. The van der Waals surface area contributed by atoms with E-state index in [1.807, 2.05) is 18.2 Å². The van der Waals surface area contributed by atoms with E-state index in [1.54, 1.807) is 6.20 Å². The lowest BCUT2D eigenvalue weighted by atomic mass is 9.85. The van der Waals surface area contributed by atoms with E-state index in [-0.39, 0.29) is 12.0 Å². The number of piperidine rings is 1. The summed E-state index contributed by atoms with van der Waals surface area (Å²) >= 11 is 0. The van der Waals surface area contributed by atoms with Crippen LogP contribution in [-0.4, -0.2) is 64.6 Å². The van der Waals surface area contributed by atoms with E-state index < -0.39 is 0 Å². The summed E-state index contributed by atoms with van der Waals surface area (Å²) in [7, 11) is 0. The van der Waals surface area contributed by atoms with Crippen LogP contribution in [0.2, 0.25) is 0 Å². The van der Waals surface area contributed by atoms with E-state index in [9.17, 15) is 5.11 Å². The molecule has 24 heavy (non-hydrogen) atoms. The summed E-state index contributed by atoms with van der Waals surface area (Å²) in [6.45, 7) is 4.39. The molecule has 2 fully saturated rings. The first kappa shape index (κ1) is 15.7. The Morgan fingerprint density at radius 1 is 1.25 bits per heavy atom. The molecule has 0 bridgehead atoms. The zero-order chi connectivity index (χ0) is 16.4. The number of nitrogens with zero attached hydrogens (tertiary/aromatic N) is 4. The van der Waals surface area contributed by atoms with Crippen LogP contribution in [0, 0.1) is 5.41 Å². The highest BCUT2D eigenvalue weighted by Crippen LogP contribution is 2.32. The molecule has 2 aliphatic rings. The molecule has 0 atom stereocenters. The largest absolute Gasteiger partial charge is 0.396 e. The summed E-state index contributed by atoms with van der Waals surface area (Å²) in [6.07, 6.45) is 3.71. The molecule has 7 heteroatoms. The van der Waals surface area contributed by atoms with Gasteiger partial charge >= 0.3 is 0 Å². The smallest absolute Gasteiger partial charge is 0.230 e. The van der Waals surface area contributed by atoms with Gasteiger partial charge in [0.15, 0.2) is 0 Å². The average Bonchev–Trinajstić information content (AvgIpc) is 3.10. The minimum Gasteiger partial charge on any atom is -0.396 e. The van der Waals surface area contributed by atoms with Crippen LogP contribution in [0.25, 0.3) is 11.5 Å². The van der Waals surface area contributed by atoms with Crippen LogP contribution in [0.4, 0.5) is 0 Å². The molecular formula is C17H22N4O3. The van der Waals surface area contributed by atoms with Gasteiger partial charge in [0.25, 0.3) is 0 Å². The second-order valence-corrected chi connectivity index (χ2v) is 6.87. The SMILES string of the molecule is OCC1(CN2CCC(c3nc(-c4ccccn4)no3)CC2)COC1. The number of aromatic nitrogens is 3. The van der Waals surface area contributed by atoms with Crippen molar-refractivity contribution in [2.24, 2.45) is 5.41 Å². The second-order valence-electron chi connectivity index (χ2n) is 6.87. The van der Waals surface area contributed by atoms with Gasteiger partial charge in [-0.15, -0.1) is 0 Å². The van der Waals surface area contributed by atoms with Gasteiger partial charge in [-0.3, -0.25) is 4.98 Å². The fourth-order valence-electron chi connectivity index (χ4n) is 3.44. The van der Waals surface area contributed by atoms with Crippen molar-refractivity contribution in [2.75, 3.05) is 39.5 Å². The molecule has 1 N–H and O–H groups in total. The van der Waals surface area contributed by atoms with Crippen LogP contribution < -0.4 is 0 Å². The minimum absolute atomic E-state index is 0.0521. The molecule has 0 unspecified atom stereocenters. The topological polar surface area (TPSA) is 84.5 Å². The van der Waals surface area contributed by atoms with Crippen molar-refractivity contribution in [1.29, 1.82) is 0 Å². The van der Waals surface area contributed by atoms with Gasteiger partial charge in [0.2, 0.25) is 11.7 Å². The van der Waals surface area contributed by atoms with Gasteiger partial charge in [0.05, 0.1) is 25.2 Å². The van der Waals surface area contributed by atoms with Gasteiger partial charge in [0, 0.05) is 18.7 Å². The van der Waals surface area contributed by atoms with Gasteiger partial charge in [-0.1, -0.05) is 11.2 Å². The molecule has 0 saturated carbocycles. The molecule has 4 heterocycles. The van der Waals surface area contributed by atoms with Crippen molar-refractivity contribution in [3.8, 4) is 11.5 Å². The van der Waals surface area contributed by atoms with Crippen LogP contribution in [0.5, 0.6) is 0 Å². The highest BCUT2D eigenvalue weighted by molar-refractivity contribution is 5.47. The molecule has 0 aromatic carbocycles. The van der Waals surface area contributed by atoms with Crippen molar-refractivity contribution >= 4 is 0 Å². The predicted molar refractivity (Wildman–Crippen MR) is 86.3 cm³/mol. The number of aliphatic hydroxyl groups excluding tert-OH is 1. The summed E-state index contributed by atoms with van der Waals surface area (Å²) in [4.78, 5) is 11.2. The average molecular weight is 330 g/mol. The minimum atomic E-state index is -0.0521. The molecule has 128 valence electrons. The summed E-state index contributed by atoms with van der Waals surface area (Å²) in [5.74, 6) is 1.56. The van der Waals surface area contributed by atoms with Crippen LogP contribution in [0.1, 0.15) is 24.7 Å². The van der Waals surface area contributed by atoms with Crippen LogP contribution in [0.3, 0.4) is 0 Å². The van der Waals surface area contributed by atoms with E-state index in [4.69, 9.17) is 9.26 Å². The molecule has 7 nitrogen and oxygen atoms in total. The molecule has 0 amide bonds. The summed E-state index contributed by atoms with van der Waals surface area (Å²) in [6, 6.07) is 5.66. The molecule has 2 aromatic rings. The Bertz CT molecular complexity index is 658. The monoisotopic (exact) mass is 330 g/mol.